The molecule has 4 unspecified atom stereocenters. The Hall–Kier alpha value is -1.87. The van der Waals surface area contributed by atoms with Gasteiger partial charge in [-0.1, -0.05) is 26.7 Å². The lowest BCUT2D eigenvalue weighted by atomic mass is 10.1. The van der Waals surface area contributed by atoms with E-state index in [1.54, 1.807) is 13.8 Å². The summed E-state index contributed by atoms with van der Waals surface area (Å²) in [6.07, 6.45) is -2.49. The molecule has 22 heavy (non-hydrogen) atoms. The summed E-state index contributed by atoms with van der Waals surface area (Å²) in [5.41, 5.74) is 0. The van der Waals surface area contributed by atoms with Crippen molar-refractivity contribution in [3.63, 3.8) is 0 Å². The molecule has 0 bridgehead atoms. The predicted molar refractivity (Wildman–Crippen MR) is 73.8 cm³/mol. The lowest BCUT2D eigenvalue weighted by Gasteiger charge is -2.27. The molecule has 0 aliphatic carbocycles. The molecule has 9 nitrogen and oxygen atoms in total. The van der Waals surface area contributed by atoms with Crippen molar-refractivity contribution in [3.8, 4) is 0 Å². The van der Waals surface area contributed by atoms with Crippen molar-refractivity contribution in [3.05, 3.63) is 0 Å². The maximum absolute atomic E-state index is 12.4. The highest BCUT2D eigenvalue weighted by atomic mass is 16.4. The van der Waals surface area contributed by atoms with Crippen molar-refractivity contribution >= 4 is 18.0 Å². The fourth-order valence-corrected chi connectivity index (χ4v) is 2.59. The standard InChI is InChI=1S/C13H22N2O7/c1-3-5-7(11(18)19)14-9(16)10(17)15(13(14)22)8(6-4-2)12(20)21/h7-10,16-17H,3-6H2,1-2H3,(H,18,19)(H,20,21). The maximum Gasteiger partial charge on any atom is 0.326 e. The van der Waals surface area contributed by atoms with Crippen molar-refractivity contribution in [2.45, 2.75) is 64.1 Å². The normalized spacial score (nSPS) is 24.5. The van der Waals surface area contributed by atoms with Crippen LogP contribution in [0.3, 0.4) is 0 Å². The Labute approximate surface area is 127 Å². The molecular weight excluding hydrogens is 296 g/mol. The van der Waals surface area contributed by atoms with Gasteiger partial charge in [0.05, 0.1) is 0 Å². The molecule has 1 heterocycles. The summed E-state index contributed by atoms with van der Waals surface area (Å²) < 4.78 is 0. The molecule has 9 heteroatoms. The molecular formula is C13H22N2O7. The number of aliphatic carboxylic acids is 2. The molecule has 0 spiro atoms. The molecule has 0 aromatic rings. The van der Waals surface area contributed by atoms with Crippen LogP contribution < -0.4 is 0 Å². The summed E-state index contributed by atoms with van der Waals surface area (Å²) in [6, 6.07) is -3.62. The molecule has 1 aliphatic rings. The van der Waals surface area contributed by atoms with Gasteiger partial charge >= 0.3 is 18.0 Å². The van der Waals surface area contributed by atoms with Crippen LogP contribution in [-0.4, -0.2) is 72.7 Å². The molecule has 4 N–H and O–H groups in total. The van der Waals surface area contributed by atoms with E-state index in [1.165, 1.54) is 0 Å². The van der Waals surface area contributed by atoms with Gasteiger partial charge < -0.3 is 20.4 Å². The van der Waals surface area contributed by atoms with Crippen molar-refractivity contribution in [1.82, 2.24) is 9.80 Å². The highest BCUT2D eigenvalue weighted by Crippen LogP contribution is 2.28. The van der Waals surface area contributed by atoms with Gasteiger partial charge in [0.25, 0.3) is 0 Å². The van der Waals surface area contributed by atoms with Crippen molar-refractivity contribution < 1.29 is 34.8 Å². The van der Waals surface area contributed by atoms with E-state index >= 15 is 0 Å². The molecule has 0 aromatic heterocycles. The summed E-state index contributed by atoms with van der Waals surface area (Å²) in [5, 5.41) is 38.4. The number of nitrogens with zero attached hydrogens (tertiary/aromatic N) is 2. The van der Waals surface area contributed by atoms with Crippen LogP contribution >= 0.6 is 0 Å². The van der Waals surface area contributed by atoms with Crippen molar-refractivity contribution in [1.29, 1.82) is 0 Å². The molecule has 1 fully saturated rings. The minimum Gasteiger partial charge on any atom is -0.480 e. The van der Waals surface area contributed by atoms with Crippen LogP contribution in [0.25, 0.3) is 0 Å². The van der Waals surface area contributed by atoms with E-state index < -0.39 is 42.5 Å². The van der Waals surface area contributed by atoms with E-state index in [1.807, 2.05) is 0 Å². The average molecular weight is 318 g/mol. The lowest BCUT2D eigenvalue weighted by molar-refractivity contribution is -0.151. The smallest absolute Gasteiger partial charge is 0.326 e. The summed E-state index contributed by atoms with van der Waals surface area (Å²) in [5.74, 6) is -2.63. The van der Waals surface area contributed by atoms with Gasteiger partial charge in [-0.3, -0.25) is 9.80 Å². The molecule has 126 valence electrons. The molecule has 0 aromatic carbocycles. The first kappa shape index (κ1) is 18.2. The monoisotopic (exact) mass is 318 g/mol. The van der Waals surface area contributed by atoms with Crippen molar-refractivity contribution in [2.24, 2.45) is 0 Å². The van der Waals surface area contributed by atoms with E-state index in [9.17, 15) is 34.8 Å². The first-order valence-electron chi connectivity index (χ1n) is 7.20. The number of hydrogen-bond donors (Lipinski definition) is 4. The molecule has 1 aliphatic heterocycles. The summed E-state index contributed by atoms with van der Waals surface area (Å²) in [6.45, 7) is 3.43. The molecule has 1 saturated heterocycles. The van der Waals surface area contributed by atoms with Crippen LogP contribution in [-0.2, 0) is 9.59 Å². The fraction of sp³-hybridized carbons (Fsp3) is 0.769. The largest absolute Gasteiger partial charge is 0.480 e. The Bertz CT molecular complexity index is 404. The third-order valence-electron chi connectivity index (χ3n) is 3.64. The van der Waals surface area contributed by atoms with E-state index in [0.29, 0.717) is 22.6 Å². The second kappa shape index (κ2) is 7.41. The molecule has 0 saturated carbocycles. The number of carbonyl (C=O) groups is 3. The van der Waals surface area contributed by atoms with Crippen molar-refractivity contribution in [2.75, 3.05) is 0 Å². The summed E-state index contributed by atoms with van der Waals surface area (Å²) in [4.78, 5) is 36.2. The van der Waals surface area contributed by atoms with Crippen LogP contribution in [0.1, 0.15) is 39.5 Å². The zero-order valence-corrected chi connectivity index (χ0v) is 12.5. The predicted octanol–water partition coefficient (Wildman–Crippen LogP) is -0.133. The Morgan fingerprint density at radius 1 is 0.955 bits per heavy atom. The topological polar surface area (TPSA) is 139 Å². The summed E-state index contributed by atoms with van der Waals surface area (Å²) >= 11 is 0. The Morgan fingerprint density at radius 2 is 1.27 bits per heavy atom. The van der Waals surface area contributed by atoms with Gasteiger partial charge in [0.15, 0.2) is 12.5 Å². The number of hydrogen-bond acceptors (Lipinski definition) is 5. The van der Waals surface area contributed by atoms with Gasteiger partial charge in [-0.2, -0.15) is 0 Å². The number of carboxylic acids is 2. The third kappa shape index (κ3) is 3.30. The van der Waals surface area contributed by atoms with Crippen LogP contribution in [0.2, 0.25) is 0 Å². The van der Waals surface area contributed by atoms with Gasteiger partial charge in [0.1, 0.15) is 12.1 Å². The number of aliphatic hydroxyl groups excluding tert-OH is 2. The number of aliphatic hydroxyl groups is 2. The van der Waals surface area contributed by atoms with E-state index in [-0.39, 0.29) is 12.8 Å². The number of carboxylic acid groups (broad SMARTS) is 2. The molecule has 1 rings (SSSR count). The first-order chi connectivity index (χ1) is 10.3. The second-order valence-corrected chi connectivity index (χ2v) is 5.21. The zero-order valence-electron chi connectivity index (χ0n) is 12.5. The van der Waals surface area contributed by atoms with Gasteiger partial charge in [-0.15, -0.1) is 0 Å². The Morgan fingerprint density at radius 3 is 1.50 bits per heavy atom. The minimum absolute atomic E-state index is 0.0875. The quantitative estimate of drug-likeness (QED) is 0.489. The lowest BCUT2D eigenvalue weighted by Crippen LogP contribution is -2.49. The summed E-state index contributed by atoms with van der Waals surface area (Å²) in [7, 11) is 0. The number of rotatable bonds is 8. The molecule has 0 radical (unpaired) electrons. The second-order valence-electron chi connectivity index (χ2n) is 5.21. The van der Waals surface area contributed by atoms with Crippen LogP contribution in [0.4, 0.5) is 4.79 Å². The third-order valence-corrected chi connectivity index (χ3v) is 3.64. The van der Waals surface area contributed by atoms with E-state index in [0.717, 1.165) is 0 Å². The average Bonchev–Trinajstić information content (AvgIpc) is 2.65. The maximum atomic E-state index is 12.4. The van der Waals surface area contributed by atoms with Crippen LogP contribution in [0.15, 0.2) is 0 Å². The highest BCUT2D eigenvalue weighted by molar-refractivity contribution is 5.88. The van der Waals surface area contributed by atoms with Gasteiger partial charge in [-0.05, 0) is 12.8 Å². The van der Waals surface area contributed by atoms with E-state index in [2.05, 4.69) is 0 Å². The Balaban J connectivity index is 3.13. The first-order valence-corrected chi connectivity index (χ1v) is 7.20. The van der Waals surface area contributed by atoms with Crippen LogP contribution in [0, 0.1) is 0 Å². The van der Waals surface area contributed by atoms with Gasteiger partial charge in [0.2, 0.25) is 0 Å². The van der Waals surface area contributed by atoms with E-state index in [4.69, 9.17) is 0 Å². The van der Waals surface area contributed by atoms with Gasteiger partial charge in [-0.25, -0.2) is 14.4 Å². The Kier molecular flexibility index (Phi) is 6.12. The number of carbonyl (C=O) groups excluding carboxylic acids is 1. The van der Waals surface area contributed by atoms with Crippen LogP contribution in [0.5, 0.6) is 0 Å². The number of amides is 2. The molecule has 4 atom stereocenters. The minimum atomic E-state index is -1.78. The zero-order chi connectivity index (χ0) is 17.0. The SMILES string of the molecule is CCCC(C(=O)O)N1C(=O)N(C(CCC)C(=O)O)C(O)C1O. The highest BCUT2D eigenvalue weighted by Gasteiger charge is 2.52. The number of urea groups is 1. The van der Waals surface area contributed by atoms with Gasteiger partial charge in [0, 0.05) is 0 Å². The fourth-order valence-electron chi connectivity index (χ4n) is 2.59. The molecule has 2 amide bonds.